The molecule has 146 valence electrons. The molecule has 1 atom stereocenters. The first kappa shape index (κ1) is 20.5. The summed E-state index contributed by atoms with van der Waals surface area (Å²) in [6.45, 7) is 5.38. The highest BCUT2D eigenvalue weighted by Crippen LogP contribution is 2.20. The summed E-state index contributed by atoms with van der Waals surface area (Å²) < 4.78 is 2.14. The van der Waals surface area contributed by atoms with Gasteiger partial charge in [-0.2, -0.15) is 0 Å². The molecule has 1 aromatic heterocycles. The predicted molar refractivity (Wildman–Crippen MR) is 116 cm³/mol. The van der Waals surface area contributed by atoms with Gasteiger partial charge < -0.3 is 9.47 Å². The molecule has 3 aromatic rings. The molecular weight excluding hydrogens is 391 g/mol. The van der Waals surface area contributed by atoms with E-state index < -0.39 is 0 Å². The van der Waals surface area contributed by atoms with Gasteiger partial charge >= 0.3 is 0 Å². The molecule has 0 spiro atoms. The Morgan fingerprint density at radius 1 is 1.04 bits per heavy atom. The lowest BCUT2D eigenvalue weighted by Gasteiger charge is -2.29. The van der Waals surface area contributed by atoms with Gasteiger partial charge in [0.15, 0.2) is 0 Å². The largest absolute Gasteiger partial charge is 0.345 e. The number of benzene rings is 2. The van der Waals surface area contributed by atoms with Crippen molar-refractivity contribution in [3.8, 4) is 0 Å². The molecule has 0 aliphatic rings. The maximum atomic E-state index is 13.2. The molecule has 0 saturated carbocycles. The maximum absolute atomic E-state index is 13.2. The Balaban J connectivity index is 1.84. The number of rotatable bonds is 7. The molecular formula is C23H24Cl2N2O. The van der Waals surface area contributed by atoms with E-state index in [1.165, 1.54) is 0 Å². The van der Waals surface area contributed by atoms with E-state index in [0.717, 1.165) is 22.7 Å². The van der Waals surface area contributed by atoms with E-state index in [0.29, 0.717) is 23.7 Å². The van der Waals surface area contributed by atoms with E-state index in [4.69, 9.17) is 23.2 Å². The topological polar surface area (TPSA) is 25.2 Å². The molecule has 0 unspecified atom stereocenters. The van der Waals surface area contributed by atoms with Crippen LogP contribution in [0.25, 0.3) is 0 Å². The van der Waals surface area contributed by atoms with Crippen LogP contribution in [0.2, 0.25) is 10.0 Å². The van der Waals surface area contributed by atoms with Gasteiger partial charge in [-0.15, -0.1) is 0 Å². The number of hydrogen-bond acceptors (Lipinski definition) is 1. The fourth-order valence-corrected chi connectivity index (χ4v) is 3.46. The molecule has 3 nitrogen and oxygen atoms in total. The van der Waals surface area contributed by atoms with Gasteiger partial charge in [-0.25, -0.2) is 0 Å². The molecule has 1 amide bonds. The lowest BCUT2D eigenvalue weighted by molar-refractivity contribution is 0.0667. The molecule has 0 radical (unpaired) electrons. The second kappa shape index (κ2) is 9.31. The quantitative estimate of drug-likeness (QED) is 0.446. The molecule has 0 N–H and O–H groups in total. The average molecular weight is 415 g/mol. The number of nitrogens with zero attached hydrogens (tertiary/aromatic N) is 2. The Bertz CT molecular complexity index is 934. The van der Waals surface area contributed by atoms with Crippen molar-refractivity contribution in [3.05, 3.63) is 93.7 Å². The van der Waals surface area contributed by atoms with Crippen LogP contribution in [0.5, 0.6) is 0 Å². The van der Waals surface area contributed by atoms with Crippen molar-refractivity contribution in [3.63, 3.8) is 0 Å². The number of carbonyl (C=O) groups is 1. The first-order valence-corrected chi connectivity index (χ1v) is 10.2. The van der Waals surface area contributed by atoms with Crippen LogP contribution >= 0.6 is 23.2 Å². The lowest BCUT2D eigenvalue weighted by atomic mass is 10.1. The molecule has 1 heterocycles. The molecule has 0 fully saturated rings. The highest BCUT2D eigenvalue weighted by atomic mass is 35.5. The van der Waals surface area contributed by atoms with Crippen molar-refractivity contribution >= 4 is 29.1 Å². The van der Waals surface area contributed by atoms with Crippen LogP contribution in [-0.2, 0) is 13.1 Å². The molecule has 28 heavy (non-hydrogen) atoms. The first-order valence-electron chi connectivity index (χ1n) is 9.43. The Kier molecular flexibility index (Phi) is 6.82. The SMILES string of the molecule is CC[C@H](C)N(Cc1cccn1Cc1ccccc1Cl)C(=O)c1ccc(Cl)cc1. The number of aromatic nitrogens is 1. The molecule has 0 aliphatic carbocycles. The normalized spacial score (nSPS) is 12.0. The summed E-state index contributed by atoms with van der Waals surface area (Å²) in [6, 6.07) is 19.1. The van der Waals surface area contributed by atoms with Crippen LogP contribution in [0.1, 0.15) is 41.9 Å². The molecule has 3 rings (SSSR count). The summed E-state index contributed by atoms with van der Waals surface area (Å²) in [7, 11) is 0. The van der Waals surface area contributed by atoms with Crippen molar-refractivity contribution in [2.75, 3.05) is 0 Å². The molecule has 0 aliphatic heterocycles. The van der Waals surface area contributed by atoms with Crippen LogP contribution in [0.3, 0.4) is 0 Å². The summed E-state index contributed by atoms with van der Waals surface area (Å²) in [5, 5.41) is 1.37. The Morgan fingerprint density at radius 3 is 2.43 bits per heavy atom. The molecule has 5 heteroatoms. The number of hydrogen-bond donors (Lipinski definition) is 0. The third-order valence-electron chi connectivity index (χ3n) is 5.03. The van der Waals surface area contributed by atoms with Gasteiger partial charge in [-0.1, -0.05) is 48.3 Å². The zero-order valence-electron chi connectivity index (χ0n) is 16.1. The molecule has 0 saturated heterocycles. The third kappa shape index (κ3) is 4.78. The highest BCUT2D eigenvalue weighted by Gasteiger charge is 2.22. The zero-order valence-corrected chi connectivity index (χ0v) is 17.6. The van der Waals surface area contributed by atoms with E-state index in [1.807, 2.05) is 41.4 Å². The fraction of sp³-hybridized carbons (Fsp3) is 0.261. The fourth-order valence-electron chi connectivity index (χ4n) is 3.14. The summed E-state index contributed by atoms with van der Waals surface area (Å²) in [6.07, 6.45) is 2.91. The van der Waals surface area contributed by atoms with Crippen LogP contribution in [-0.4, -0.2) is 21.4 Å². The van der Waals surface area contributed by atoms with E-state index in [-0.39, 0.29) is 11.9 Å². The van der Waals surface area contributed by atoms with Gasteiger partial charge in [0, 0.05) is 40.1 Å². The minimum atomic E-state index is 0.0107. The monoisotopic (exact) mass is 414 g/mol. The van der Waals surface area contributed by atoms with Crippen molar-refractivity contribution in [2.24, 2.45) is 0 Å². The van der Waals surface area contributed by atoms with Crippen LogP contribution < -0.4 is 0 Å². The van der Waals surface area contributed by atoms with Crippen molar-refractivity contribution in [2.45, 2.75) is 39.4 Å². The van der Waals surface area contributed by atoms with Gasteiger partial charge in [-0.3, -0.25) is 4.79 Å². The number of amides is 1. The zero-order chi connectivity index (χ0) is 20.1. The van der Waals surface area contributed by atoms with Gasteiger partial charge in [0.05, 0.1) is 6.54 Å². The summed E-state index contributed by atoms with van der Waals surface area (Å²) >= 11 is 12.3. The lowest BCUT2D eigenvalue weighted by Crippen LogP contribution is -2.38. The molecule has 0 bridgehead atoms. The Hall–Kier alpha value is -2.23. The van der Waals surface area contributed by atoms with E-state index >= 15 is 0 Å². The second-order valence-electron chi connectivity index (χ2n) is 6.92. The second-order valence-corrected chi connectivity index (χ2v) is 7.76. The van der Waals surface area contributed by atoms with E-state index in [1.54, 1.807) is 24.3 Å². The smallest absolute Gasteiger partial charge is 0.254 e. The summed E-state index contributed by atoms with van der Waals surface area (Å²) in [4.78, 5) is 15.1. The van der Waals surface area contributed by atoms with Crippen molar-refractivity contribution in [1.82, 2.24) is 9.47 Å². The summed E-state index contributed by atoms with van der Waals surface area (Å²) in [5.41, 5.74) is 2.78. The minimum Gasteiger partial charge on any atom is -0.345 e. The number of halogens is 2. The first-order chi connectivity index (χ1) is 13.5. The molecule has 2 aromatic carbocycles. The third-order valence-corrected chi connectivity index (χ3v) is 5.65. The van der Waals surface area contributed by atoms with Gasteiger partial charge in [0.2, 0.25) is 0 Å². The average Bonchev–Trinajstić information content (AvgIpc) is 3.14. The van der Waals surface area contributed by atoms with E-state index in [2.05, 4.69) is 24.5 Å². The van der Waals surface area contributed by atoms with Crippen molar-refractivity contribution in [1.29, 1.82) is 0 Å². The Morgan fingerprint density at radius 2 is 1.75 bits per heavy atom. The summed E-state index contributed by atoms with van der Waals surface area (Å²) in [5.74, 6) is 0.0107. The Labute approximate surface area is 176 Å². The minimum absolute atomic E-state index is 0.0107. The van der Waals surface area contributed by atoms with Crippen LogP contribution in [0.15, 0.2) is 66.9 Å². The highest BCUT2D eigenvalue weighted by molar-refractivity contribution is 6.31. The predicted octanol–water partition coefficient (Wildman–Crippen LogP) is 6.28. The maximum Gasteiger partial charge on any atom is 0.254 e. The van der Waals surface area contributed by atoms with Gasteiger partial charge in [-0.05, 0) is 61.4 Å². The standard InChI is InChI=1S/C23H24Cl2N2O/c1-3-17(2)27(23(28)18-10-12-20(24)13-11-18)16-21-8-6-14-26(21)15-19-7-4-5-9-22(19)25/h4-14,17H,3,15-16H2,1-2H3/t17-/m0/s1. The van der Waals surface area contributed by atoms with Crippen molar-refractivity contribution < 1.29 is 4.79 Å². The van der Waals surface area contributed by atoms with Crippen LogP contribution in [0.4, 0.5) is 0 Å². The van der Waals surface area contributed by atoms with Gasteiger partial charge in [0.1, 0.15) is 0 Å². The van der Waals surface area contributed by atoms with Gasteiger partial charge in [0.25, 0.3) is 5.91 Å². The number of carbonyl (C=O) groups excluding carboxylic acids is 1. The van der Waals surface area contributed by atoms with Crippen LogP contribution in [0, 0.1) is 0 Å². The van der Waals surface area contributed by atoms with E-state index in [9.17, 15) is 4.79 Å².